The van der Waals surface area contributed by atoms with Gasteiger partial charge in [-0.1, -0.05) is 6.07 Å². The summed E-state index contributed by atoms with van der Waals surface area (Å²) in [5, 5.41) is 15.4. The Morgan fingerprint density at radius 2 is 2.13 bits per heavy atom. The molecule has 118 valence electrons. The second kappa shape index (κ2) is 5.31. The number of nitrogens with two attached hydrogens (primary N) is 1. The van der Waals surface area contributed by atoms with E-state index < -0.39 is 10.8 Å². The van der Waals surface area contributed by atoms with Gasteiger partial charge in [0, 0.05) is 12.5 Å². The number of hydrogen-bond donors (Lipinski definition) is 1. The number of Topliss-reactive ketones (excluding diaryl/α,β-unsaturated/α-hetero) is 1. The van der Waals surface area contributed by atoms with Crippen molar-refractivity contribution in [3.8, 4) is 5.69 Å². The molecule has 1 aliphatic rings. The number of ketones is 1. The Kier molecular flexibility index (Phi) is 3.44. The highest BCUT2D eigenvalue weighted by Crippen LogP contribution is 2.31. The average molecular weight is 314 g/mol. The van der Waals surface area contributed by atoms with Crippen molar-refractivity contribution in [2.75, 3.05) is 0 Å². The predicted octanol–water partition coefficient (Wildman–Crippen LogP) is 1.71. The van der Waals surface area contributed by atoms with Crippen molar-refractivity contribution in [1.82, 2.24) is 9.78 Å². The van der Waals surface area contributed by atoms with Crippen molar-refractivity contribution in [1.29, 1.82) is 0 Å². The van der Waals surface area contributed by atoms with Gasteiger partial charge in [0.05, 0.1) is 16.2 Å². The largest absolute Gasteiger partial charge is 0.364 e. The molecule has 8 heteroatoms. The molecular weight excluding hydrogens is 300 g/mol. The van der Waals surface area contributed by atoms with Gasteiger partial charge in [-0.3, -0.25) is 19.7 Å². The quantitative estimate of drug-likeness (QED) is 0.682. The van der Waals surface area contributed by atoms with Gasteiger partial charge in [0.1, 0.15) is 5.69 Å². The Morgan fingerprint density at radius 1 is 1.39 bits per heavy atom. The van der Waals surface area contributed by atoms with Gasteiger partial charge in [-0.05, 0) is 31.4 Å². The standard InChI is InChI=1S/C15H14N4O4/c1-8-5-6-9(11(7-8)19(22)23)18-10-3-2-4-12(20)13(10)14(17-18)15(16)21/h5-7H,2-4H2,1H3,(H2,16,21). The van der Waals surface area contributed by atoms with Crippen molar-refractivity contribution in [3.63, 3.8) is 0 Å². The van der Waals surface area contributed by atoms with Crippen LogP contribution in [0.5, 0.6) is 0 Å². The Balaban J connectivity index is 2.30. The third-order valence-corrected chi connectivity index (χ3v) is 3.87. The lowest BCUT2D eigenvalue weighted by Crippen LogP contribution is -2.18. The molecule has 1 amide bonds. The maximum atomic E-state index is 12.1. The van der Waals surface area contributed by atoms with Gasteiger partial charge < -0.3 is 5.73 Å². The molecule has 2 aromatic rings. The molecular formula is C15H14N4O4. The zero-order chi connectivity index (χ0) is 16.7. The van der Waals surface area contributed by atoms with Crippen molar-refractivity contribution < 1.29 is 14.5 Å². The number of carbonyl (C=O) groups is 2. The molecule has 0 bridgehead atoms. The van der Waals surface area contributed by atoms with Gasteiger partial charge in [-0.25, -0.2) is 4.68 Å². The van der Waals surface area contributed by atoms with Crippen LogP contribution in [0.25, 0.3) is 5.69 Å². The number of aromatic nitrogens is 2. The van der Waals surface area contributed by atoms with E-state index in [2.05, 4.69) is 5.10 Å². The van der Waals surface area contributed by atoms with Crippen LogP contribution in [0.4, 0.5) is 5.69 Å². The minimum absolute atomic E-state index is 0.125. The van der Waals surface area contributed by atoms with Gasteiger partial charge in [0.15, 0.2) is 11.5 Å². The number of nitro benzene ring substituents is 1. The van der Waals surface area contributed by atoms with Gasteiger partial charge in [0.2, 0.25) is 0 Å². The molecule has 0 atom stereocenters. The van der Waals surface area contributed by atoms with Crippen molar-refractivity contribution >= 4 is 17.4 Å². The first-order valence-electron chi connectivity index (χ1n) is 7.10. The smallest absolute Gasteiger partial charge is 0.295 e. The number of nitro groups is 1. The molecule has 8 nitrogen and oxygen atoms in total. The highest BCUT2D eigenvalue weighted by molar-refractivity contribution is 6.08. The molecule has 1 aliphatic carbocycles. The molecule has 0 aliphatic heterocycles. The minimum Gasteiger partial charge on any atom is -0.364 e. The summed E-state index contributed by atoms with van der Waals surface area (Å²) in [6, 6.07) is 4.70. The lowest BCUT2D eigenvalue weighted by molar-refractivity contribution is -0.384. The van der Waals surface area contributed by atoms with E-state index >= 15 is 0 Å². The van der Waals surface area contributed by atoms with E-state index in [0.29, 0.717) is 25.0 Å². The SMILES string of the molecule is Cc1ccc(-n2nc(C(N)=O)c3c2CCCC3=O)c([N+](=O)[O-])c1. The highest BCUT2D eigenvalue weighted by Gasteiger charge is 2.31. The van der Waals surface area contributed by atoms with Gasteiger partial charge in [0.25, 0.3) is 11.6 Å². The number of benzene rings is 1. The number of fused-ring (bicyclic) bond motifs is 1. The van der Waals surface area contributed by atoms with Crippen LogP contribution in [0.2, 0.25) is 0 Å². The number of amides is 1. The lowest BCUT2D eigenvalue weighted by Gasteiger charge is -2.13. The molecule has 23 heavy (non-hydrogen) atoms. The second-order valence-electron chi connectivity index (χ2n) is 5.47. The normalized spacial score (nSPS) is 13.7. The monoisotopic (exact) mass is 314 g/mol. The summed E-state index contributed by atoms with van der Waals surface area (Å²) in [5.41, 5.74) is 6.70. The third-order valence-electron chi connectivity index (χ3n) is 3.87. The van der Waals surface area contributed by atoms with Crippen LogP contribution in [0.3, 0.4) is 0 Å². The predicted molar refractivity (Wildman–Crippen MR) is 80.7 cm³/mol. The maximum absolute atomic E-state index is 12.1. The second-order valence-corrected chi connectivity index (χ2v) is 5.47. The first-order valence-corrected chi connectivity index (χ1v) is 7.10. The van der Waals surface area contributed by atoms with Gasteiger partial charge >= 0.3 is 0 Å². The minimum atomic E-state index is -0.815. The van der Waals surface area contributed by atoms with E-state index in [1.807, 2.05) is 0 Å². The van der Waals surface area contributed by atoms with Crippen LogP contribution < -0.4 is 5.73 Å². The first kappa shape index (κ1) is 14.9. The molecule has 1 aromatic carbocycles. The van der Waals surface area contributed by atoms with E-state index in [1.54, 1.807) is 19.1 Å². The molecule has 1 heterocycles. The maximum Gasteiger partial charge on any atom is 0.295 e. The molecule has 1 aromatic heterocycles. The summed E-state index contributed by atoms with van der Waals surface area (Å²) in [7, 11) is 0. The van der Waals surface area contributed by atoms with Gasteiger partial charge in [-0.2, -0.15) is 5.10 Å². The molecule has 0 fully saturated rings. The van der Waals surface area contributed by atoms with Crippen molar-refractivity contribution in [2.45, 2.75) is 26.2 Å². The van der Waals surface area contributed by atoms with E-state index in [-0.39, 0.29) is 28.4 Å². The van der Waals surface area contributed by atoms with Crippen LogP contribution in [0.15, 0.2) is 18.2 Å². The Morgan fingerprint density at radius 3 is 2.78 bits per heavy atom. The fraction of sp³-hybridized carbons (Fsp3) is 0.267. The van der Waals surface area contributed by atoms with E-state index in [4.69, 9.17) is 5.73 Å². The number of nitrogens with zero attached hydrogens (tertiary/aromatic N) is 3. The van der Waals surface area contributed by atoms with E-state index in [1.165, 1.54) is 10.7 Å². The third kappa shape index (κ3) is 2.37. The fourth-order valence-corrected chi connectivity index (χ4v) is 2.85. The van der Waals surface area contributed by atoms with Crippen LogP contribution in [0.1, 0.15) is 44.9 Å². The number of carbonyl (C=O) groups excluding carboxylic acids is 2. The number of primary amides is 1. The zero-order valence-corrected chi connectivity index (χ0v) is 12.4. The van der Waals surface area contributed by atoms with E-state index in [9.17, 15) is 19.7 Å². The fourth-order valence-electron chi connectivity index (χ4n) is 2.85. The molecule has 0 saturated carbocycles. The summed E-state index contributed by atoms with van der Waals surface area (Å²) in [5.74, 6) is -1.02. The van der Waals surface area contributed by atoms with Crippen LogP contribution in [-0.2, 0) is 6.42 Å². The van der Waals surface area contributed by atoms with Crippen molar-refractivity contribution in [3.05, 3.63) is 50.8 Å². The topological polar surface area (TPSA) is 121 Å². The highest BCUT2D eigenvalue weighted by atomic mass is 16.6. The van der Waals surface area contributed by atoms with Crippen LogP contribution in [-0.4, -0.2) is 26.4 Å². The number of hydrogen-bond acceptors (Lipinski definition) is 5. The van der Waals surface area contributed by atoms with Crippen molar-refractivity contribution in [2.24, 2.45) is 5.73 Å². The Bertz CT molecular complexity index is 853. The summed E-state index contributed by atoms with van der Waals surface area (Å²) in [4.78, 5) is 34.5. The Labute approximate surface area is 131 Å². The molecule has 0 unspecified atom stereocenters. The van der Waals surface area contributed by atoms with E-state index in [0.717, 1.165) is 5.56 Å². The first-order chi connectivity index (χ1) is 10.9. The molecule has 0 radical (unpaired) electrons. The lowest BCUT2D eigenvalue weighted by atomic mass is 9.94. The number of rotatable bonds is 3. The van der Waals surface area contributed by atoms with Crippen LogP contribution >= 0.6 is 0 Å². The molecule has 0 saturated heterocycles. The van der Waals surface area contributed by atoms with Crippen LogP contribution in [0, 0.1) is 17.0 Å². The summed E-state index contributed by atoms with van der Waals surface area (Å²) >= 11 is 0. The zero-order valence-electron chi connectivity index (χ0n) is 12.4. The summed E-state index contributed by atoms with van der Waals surface area (Å²) < 4.78 is 1.31. The summed E-state index contributed by atoms with van der Waals surface area (Å²) in [6.07, 6.45) is 1.43. The molecule has 3 rings (SSSR count). The Hall–Kier alpha value is -3.03. The number of aryl methyl sites for hydroxylation is 1. The molecule has 2 N–H and O–H groups in total. The average Bonchev–Trinajstić information content (AvgIpc) is 2.88. The summed E-state index contributed by atoms with van der Waals surface area (Å²) in [6.45, 7) is 1.74. The van der Waals surface area contributed by atoms with Gasteiger partial charge in [-0.15, -0.1) is 0 Å². The molecule has 0 spiro atoms.